The average molecular weight is 479 g/mol. The molecule has 3 N–H and O–H groups in total. The molecule has 2 aromatic carbocycles. The fourth-order valence-corrected chi connectivity index (χ4v) is 5.51. The van der Waals surface area contributed by atoms with Gasteiger partial charge in [-0.15, -0.1) is 0 Å². The molecule has 0 aromatic heterocycles. The highest BCUT2D eigenvalue weighted by molar-refractivity contribution is 7.89. The van der Waals surface area contributed by atoms with Crippen LogP contribution in [0.4, 0.5) is 11.4 Å². The maximum absolute atomic E-state index is 12.8. The van der Waals surface area contributed by atoms with E-state index in [4.69, 9.17) is 22.1 Å². The van der Waals surface area contributed by atoms with Crippen molar-refractivity contribution in [3.8, 4) is 5.75 Å². The Hall–Kier alpha value is -2.82. The zero-order chi connectivity index (χ0) is 22.9. The third-order valence-corrected chi connectivity index (χ3v) is 7.65. The molecule has 170 valence electrons. The molecule has 1 atom stereocenters. The van der Waals surface area contributed by atoms with Crippen LogP contribution in [0.1, 0.15) is 12.8 Å². The Labute approximate surface area is 191 Å². The molecule has 9 nitrogen and oxygen atoms in total. The van der Waals surface area contributed by atoms with Gasteiger partial charge in [0, 0.05) is 13.1 Å². The van der Waals surface area contributed by atoms with E-state index in [1.807, 2.05) is 0 Å². The number of nitrogens with two attached hydrogens (primary N) is 1. The summed E-state index contributed by atoms with van der Waals surface area (Å²) in [6, 6.07) is 11.3. The number of nitrogens with zero attached hydrogens (tertiary/aromatic N) is 2. The van der Waals surface area contributed by atoms with E-state index in [0.29, 0.717) is 24.5 Å². The molecule has 2 aliphatic heterocycles. The number of carbonyl (C=O) groups excluding carboxylic acids is 2. The SMILES string of the molecule is NC(=O)[C@@H]1CN(CC(=O)Nc2cc(S(=O)(=O)N3CCCC3)ccc2Cl)c2ccccc2O1. The highest BCUT2D eigenvalue weighted by Crippen LogP contribution is 2.33. The van der Waals surface area contributed by atoms with Crippen molar-refractivity contribution >= 4 is 44.8 Å². The molecule has 0 radical (unpaired) electrons. The van der Waals surface area contributed by atoms with Crippen molar-refractivity contribution in [3.05, 3.63) is 47.5 Å². The lowest BCUT2D eigenvalue weighted by Crippen LogP contribution is -2.49. The normalized spacial score (nSPS) is 18.7. The highest BCUT2D eigenvalue weighted by atomic mass is 35.5. The molecule has 2 aliphatic rings. The van der Waals surface area contributed by atoms with E-state index in [1.165, 1.54) is 22.5 Å². The number of anilines is 2. The number of carbonyl (C=O) groups is 2. The topological polar surface area (TPSA) is 122 Å². The Balaban J connectivity index is 1.53. The zero-order valence-electron chi connectivity index (χ0n) is 17.2. The molecule has 0 aliphatic carbocycles. The van der Waals surface area contributed by atoms with E-state index >= 15 is 0 Å². The summed E-state index contributed by atoms with van der Waals surface area (Å²) in [5, 5.41) is 2.90. The molecular formula is C21H23ClN4O5S. The molecule has 1 fully saturated rings. The monoisotopic (exact) mass is 478 g/mol. The van der Waals surface area contributed by atoms with Crippen LogP contribution in [0.5, 0.6) is 5.75 Å². The van der Waals surface area contributed by atoms with Gasteiger partial charge in [-0.2, -0.15) is 4.31 Å². The predicted molar refractivity (Wildman–Crippen MR) is 120 cm³/mol. The Morgan fingerprint density at radius 1 is 1.16 bits per heavy atom. The molecule has 2 heterocycles. The Kier molecular flexibility index (Phi) is 6.27. The summed E-state index contributed by atoms with van der Waals surface area (Å²) >= 11 is 6.22. The maximum Gasteiger partial charge on any atom is 0.260 e. The lowest BCUT2D eigenvalue weighted by molar-refractivity contribution is -0.125. The van der Waals surface area contributed by atoms with Crippen LogP contribution in [-0.4, -0.2) is 56.8 Å². The van der Waals surface area contributed by atoms with Gasteiger partial charge in [0.05, 0.1) is 34.4 Å². The molecule has 0 saturated carbocycles. The first kappa shape index (κ1) is 22.4. The van der Waals surface area contributed by atoms with E-state index in [2.05, 4.69) is 5.32 Å². The minimum absolute atomic E-state index is 0.0737. The van der Waals surface area contributed by atoms with Gasteiger partial charge in [-0.25, -0.2) is 8.42 Å². The van der Waals surface area contributed by atoms with Crippen LogP contribution in [0.3, 0.4) is 0 Å². The molecule has 1 saturated heterocycles. The summed E-state index contributed by atoms with van der Waals surface area (Å²) in [5.41, 5.74) is 6.25. The van der Waals surface area contributed by atoms with Crippen LogP contribution in [0.2, 0.25) is 5.02 Å². The summed E-state index contributed by atoms with van der Waals surface area (Å²) < 4.78 is 32.7. The average Bonchev–Trinajstić information content (AvgIpc) is 3.31. The van der Waals surface area contributed by atoms with E-state index in [0.717, 1.165) is 12.8 Å². The van der Waals surface area contributed by atoms with Crippen LogP contribution in [0.25, 0.3) is 0 Å². The van der Waals surface area contributed by atoms with Crippen molar-refractivity contribution in [2.75, 3.05) is 36.4 Å². The minimum atomic E-state index is -3.65. The summed E-state index contributed by atoms with van der Waals surface area (Å²) in [4.78, 5) is 26.2. The van der Waals surface area contributed by atoms with E-state index in [1.54, 1.807) is 29.2 Å². The standard InChI is InChI=1S/C21H23ClN4O5S/c22-15-8-7-14(32(29,30)26-9-3-4-10-26)11-16(15)24-20(27)13-25-12-19(21(23)28)31-18-6-2-1-5-17(18)25/h1-2,5-8,11,19H,3-4,9-10,12-13H2,(H2,23,28)(H,24,27)/t19-/m0/s1. The third kappa shape index (κ3) is 4.52. The number of para-hydroxylation sites is 2. The number of amides is 2. The molecule has 0 bridgehead atoms. The number of hydrogen-bond donors (Lipinski definition) is 2. The van der Waals surface area contributed by atoms with Crippen molar-refractivity contribution < 1.29 is 22.7 Å². The van der Waals surface area contributed by atoms with Gasteiger partial charge in [-0.05, 0) is 43.2 Å². The number of hydrogen-bond acceptors (Lipinski definition) is 6. The Morgan fingerprint density at radius 2 is 1.88 bits per heavy atom. The highest BCUT2D eigenvalue weighted by Gasteiger charge is 2.31. The Morgan fingerprint density at radius 3 is 2.59 bits per heavy atom. The van der Waals surface area contributed by atoms with Gasteiger partial charge < -0.3 is 20.7 Å². The number of fused-ring (bicyclic) bond motifs is 1. The van der Waals surface area contributed by atoms with Gasteiger partial charge in [0.1, 0.15) is 5.75 Å². The number of nitrogens with one attached hydrogen (secondary N) is 1. The molecule has 32 heavy (non-hydrogen) atoms. The number of primary amides is 1. The largest absolute Gasteiger partial charge is 0.477 e. The molecule has 11 heteroatoms. The number of sulfonamides is 1. The predicted octanol–water partition coefficient (Wildman–Crippen LogP) is 1.82. The lowest BCUT2D eigenvalue weighted by Gasteiger charge is -2.34. The van der Waals surface area contributed by atoms with Crippen molar-refractivity contribution in [2.45, 2.75) is 23.8 Å². The van der Waals surface area contributed by atoms with Crippen molar-refractivity contribution in [3.63, 3.8) is 0 Å². The van der Waals surface area contributed by atoms with Gasteiger partial charge in [0.2, 0.25) is 15.9 Å². The fourth-order valence-electron chi connectivity index (χ4n) is 3.81. The summed E-state index contributed by atoms with van der Waals surface area (Å²) in [6.45, 7) is 0.953. The van der Waals surface area contributed by atoms with Crippen molar-refractivity contribution in [1.29, 1.82) is 0 Å². The lowest BCUT2D eigenvalue weighted by atomic mass is 10.1. The first-order valence-electron chi connectivity index (χ1n) is 10.2. The molecule has 4 rings (SSSR count). The van der Waals surface area contributed by atoms with E-state index in [9.17, 15) is 18.0 Å². The summed E-state index contributed by atoms with van der Waals surface area (Å²) in [6.07, 6.45) is 0.753. The van der Waals surface area contributed by atoms with Crippen LogP contribution < -0.4 is 20.7 Å². The number of benzene rings is 2. The van der Waals surface area contributed by atoms with Crippen LogP contribution in [0.15, 0.2) is 47.4 Å². The van der Waals surface area contributed by atoms with Gasteiger partial charge in [-0.1, -0.05) is 23.7 Å². The van der Waals surface area contributed by atoms with Gasteiger partial charge in [-0.3, -0.25) is 9.59 Å². The summed E-state index contributed by atoms with van der Waals surface area (Å²) in [7, 11) is -3.65. The van der Waals surface area contributed by atoms with Crippen LogP contribution >= 0.6 is 11.6 Å². The zero-order valence-corrected chi connectivity index (χ0v) is 18.7. The third-order valence-electron chi connectivity index (χ3n) is 5.43. The fraction of sp³-hybridized carbons (Fsp3) is 0.333. The van der Waals surface area contributed by atoms with Crippen molar-refractivity contribution in [1.82, 2.24) is 4.31 Å². The first-order chi connectivity index (χ1) is 15.3. The molecule has 2 aromatic rings. The second kappa shape index (κ2) is 8.97. The molecule has 0 spiro atoms. The number of halogens is 1. The summed E-state index contributed by atoms with van der Waals surface area (Å²) in [5.74, 6) is -0.609. The smallest absolute Gasteiger partial charge is 0.260 e. The van der Waals surface area contributed by atoms with Gasteiger partial charge in [0.25, 0.3) is 5.91 Å². The number of ether oxygens (including phenoxy) is 1. The Bertz CT molecular complexity index is 1150. The van der Waals surface area contributed by atoms with Gasteiger partial charge in [0.15, 0.2) is 6.10 Å². The van der Waals surface area contributed by atoms with Crippen molar-refractivity contribution in [2.24, 2.45) is 5.73 Å². The minimum Gasteiger partial charge on any atom is -0.477 e. The first-order valence-corrected chi connectivity index (χ1v) is 12.0. The maximum atomic E-state index is 12.8. The molecule has 2 amide bonds. The second-order valence-electron chi connectivity index (χ2n) is 7.66. The van der Waals surface area contributed by atoms with Gasteiger partial charge >= 0.3 is 0 Å². The molecule has 0 unspecified atom stereocenters. The van der Waals surface area contributed by atoms with E-state index < -0.39 is 27.9 Å². The quantitative estimate of drug-likeness (QED) is 0.653. The molecular weight excluding hydrogens is 456 g/mol. The second-order valence-corrected chi connectivity index (χ2v) is 10.0. The number of rotatable bonds is 6. The van der Waals surface area contributed by atoms with Crippen LogP contribution in [0, 0.1) is 0 Å². The van der Waals surface area contributed by atoms with Crippen LogP contribution in [-0.2, 0) is 19.6 Å². The van der Waals surface area contributed by atoms with E-state index in [-0.39, 0.29) is 28.7 Å².